The predicted octanol–water partition coefficient (Wildman–Crippen LogP) is 4.32. The van der Waals surface area contributed by atoms with Crippen LogP contribution in [0.1, 0.15) is 17.5 Å². The first-order valence-electron chi connectivity index (χ1n) is 7.89. The van der Waals surface area contributed by atoms with Crippen LogP contribution in [0.25, 0.3) is 6.08 Å². The molecule has 1 N–H and O–H groups in total. The summed E-state index contributed by atoms with van der Waals surface area (Å²) in [6.07, 6.45) is 2.72. The smallest absolute Gasteiger partial charge is 0.322 e. The minimum atomic E-state index is -3.90. The quantitative estimate of drug-likeness (QED) is 0.703. The van der Waals surface area contributed by atoms with Crippen molar-refractivity contribution in [2.45, 2.75) is 11.7 Å². The van der Waals surface area contributed by atoms with E-state index in [-0.39, 0.29) is 6.42 Å². The van der Waals surface area contributed by atoms with Crippen molar-refractivity contribution in [3.8, 4) is 11.8 Å². The maximum atomic E-state index is 12.4. The molecule has 2 rings (SSSR count). The third-order valence-corrected chi connectivity index (χ3v) is 5.98. The van der Waals surface area contributed by atoms with Crippen LogP contribution in [0.15, 0.2) is 54.6 Å². The van der Waals surface area contributed by atoms with E-state index >= 15 is 0 Å². The summed E-state index contributed by atoms with van der Waals surface area (Å²) < 4.78 is 24.7. The van der Waals surface area contributed by atoms with E-state index in [0.29, 0.717) is 15.6 Å². The Morgan fingerprint density at radius 3 is 2.15 bits per heavy atom. The molecule has 0 fully saturated rings. The summed E-state index contributed by atoms with van der Waals surface area (Å²) in [5.74, 6) is 3.57. The van der Waals surface area contributed by atoms with E-state index in [4.69, 9.17) is 23.2 Å². The van der Waals surface area contributed by atoms with Crippen LogP contribution in [0, 0.1) is 11.8 Å². The van der Waals surface area contributed by atoms with Crippen molar-refractivity contribution >= 4 is 45.1 Å². The lowest BCUT2D eigenvalue weighted by molar-refractivity contribution is -0.136. The largest absolute Gasteiger partial charge is 0.480 e. The molecule has 0 saturated heterocycles. The first-order chi connectivity index (χ1) is 12.8. The van der Waals surface area contributed by atoms with Crippen molar-refractivity contribution in [2.75, 3.05) is 5.75 Å². The molecule has 0 saturated carbocycles. The van der Waals surface area contributed by atoms with E-state index in [9.17, 15) is 18.3 Å². The SMILES string of the molecule is O=C(O)C(CC#Cc1ccc(Cl)cc1)S(=O)(=O)C/C=C/c1ccc(Cl)cc1. The second-order valence-corrected chi connectivity index (χ2v) is 8.72. The standard InChI is InChI=1S/C20H16Cl2O4S/c21-17-10-6-15(7-11-17)3-1-5-19(20(23)24)27(25,26)14-2-4-16-8-12-18(22)13-9-16/h2,4,6-13,19H,5,14H2,(H,23,24)/b4-2+. The molecule has 0 aliphatic heterocycles. The minimum absolute atomic E-state index is 0.297. The summed E-state index contributed by atoms with van der Waals surface area (Å²) in [6, 6.07) is 13.5. The number of hydrogen-bond acceptors (Lipinski definition) is 3. The Balaban J connectivity index is 2.06. The van der Waals surface area contributed by atoms with E-state index in [1.54, 1.807) is 54.6 Å². The maximum Gasteiger partial charge on any atom is 0.322 e. The zero-order chi connectivity index (χ0) is 19.9. The first kappa shape index (κ1) is 21.0. The number of hydrogen-bond donors (Lipinski definition) is 1. The van der Waals surface area contributed by atoms with Crippen molar-refractivity contribution in [3.63, 3.8) is 0 Å². The van der Waals surface area contributed by atoms with E-state index in [1.165, 1.54) is 6.08 Å². The number of sulfone groups is 1. The van der Waals surface area contributed by atoms with Gasteiger partial charge in [-0.1, -0.05) is 59.3 Å². The molecule has 0 aromatic heterocycles. The molecule has 0 aliphatic carbocycles. The zero-order valence-electron chi connectivity index (χ0n) is 14.1. The monoisotopic (exact) mass is 422 g/mol. The van der Waals surface area contributed by atoms with Gasteiger partial charge >= 0.3 is 5.97 Å². The fourth-order valence-electron chi connectivity index (χ4n) is 2.16. The Bertz CT molecular complexity index is 983. The Hall–Kier alpha value is -2.26. The summed E-state index contributed by atoms with van der Waals surface area (Å²) in [5, 5.41) is 8.82. The Labute approximate surface area is 168 Å². The van der Waals surface area contributed by atoms with Gasteiger partial charge in [-0.2, -0.15) is 0 Å². The van der Waals surface area contributed by atoms with Gasteiger partial charge in [0.1, 0.15) is 0 Å². The summed E-state index contributed by atoms with van der Waals surface area (Å²) >= 11 is 11.6. The fraction of sp³-hybridized carbons (Fsp3) is 0.150. The summed E-state index contributed by atoms with van der Waals surface area (Å²) in [7, 11) is -3.90. The number of halogens is 2. The van der Waals surface area contributed by atoms with Crippen LogP contribution in [-0.4, -0.2) is 30.5 Å². The number of aliphatic carboxylic acids is 1. The highest BCUT2D eigenvalue weighted by Crippen LogP contribution is 2.13. The molecule has 0 heterocycles. The molecule has 0 radical (unpaired) electrons. The Morgan fingerprint density at radius 1 is 1.04 bits per heavy atom. The molecule has 0 amide bonds. The lowest BCUT2D eigenvalue weighted by atomic mass is 10.2. The summed E-state index contributed by atoms with van der Waals surface area (Å²) in [5.41, 5.74) is 1.40. The lowest BCUT2D eigenvalue weighted by Crippen LogP contribution is -2.31. The minimum Gasteiger partial charge on any atom is -0.480 e. The molecular formula is C20H16Cl2O4S. The number of rotatable bonds is 6. The summed E-state index contributed by atoms with van der Waals surface area (Å²) in [4.78, 5) is 11.4. The van der Waals surface area contributed by atoms with Gasteiger partial charge in [0.05, 0.1) is 5.75 Å². The molecule has 27 heavy (non-hydrogen) atoms. The second-order valence-electron chi connectivity index (χ2n) is 5.62. The highest BCUT2D eigenvalue weighted by atomic mass is 35.5. The molecule has 1 unspecified atom stereocenters. The molecule has 4 nitrogen and oxygen atoms in total. The van der Waals surface area contributed by atoms with Gasteiger partial charge in [-0.15, -0.1) is 0 Å². The van der Waals surface area contributed by atoms with Crippen molar-refractivity contribution < 1.29 is 18.3 Å². The molecule has 1 atom stereocenters. The lowest BCUT2D eigenvalue weighted by Gasteiger charge is -2.08. The molecule has 2 aromatic carbocycles. The number of carboxylic acids is 1. The Morgan fingerprint density at radius 2 is 1.59 bits per heavy atom. The molecule has 0 spiro atoms. The molecular weight excluding hydrogens is 407 g/mol. The van der Waals surface area contributed by atoms with Gasteiger partial charge in [0.25, 0.3) is 0 Å². The summed E-state index contributed by atoms with van der Waals surface area (Å²) in [6.45, 7) is 0. The maximum absolute atomic E-state index is 12.4. The van der Waals surface area contributed by atoms with E-state index in [2.05, 4.69) is 11.8 Å². The van der Waals surface area contributed by atoms with Crippen molar-refractivity contribution in [1.82, 2.24) is 0 Å². The number of carbonyl (C=O) groups is 1. The van der Waals surface area contributed by atoms with E-state index in [0.717, 1.165) is 5.56 Å². The van der Waals surface area contributed by atoms with Crippen LogP contribution in [0.5, 0.6) is 0 Å². The van der Waals surface area contributed by atoms with Crippen LogP contribution in [0.2, 0.25) is 10.0 Å². The third-order valence-electron chi connectivity index (χ3n) is 3.58. The van der Waals surface area contributed by atoms with Gasteiger partial charge in [-0.3, -0.25) is 4.79 Å². The van der Waals surface area contributed by atoms with Crippen LogP contribution in [0.4, 0.5) is 0 Å². The van der Waals surface area contributed by atoms with Gasteiger partial charge in [-0.05, 0) is 42.0 Å². The fourth-order valence-corrected chi connectivity index (χ4v) is 3.65. The van der Waals surface area contributed by atoms with E-state index in [1.807, 2.05) is 0 Å². The second kappa shape index (κ2) is 9.61. The van der Waals surface area contributed by atoms with Gasteiger partial charge in [0.2, 0.25) is 0 Å². The molecule has 2 aromatic rings. The van der Waals surface area contributed by atoms with Crippen molar-refractivity contribution in [3.05, 3.63) is 75.8 Å². The topological polar surface area (TPSA) is 71.4 Å². The van der Waals surface area contributed by atoms with Crippen LogP contribution in [0.3, 0.4) is 0 Å². The highest BCUT2D eigenvalue weighted by molar-refractivity contribution is 7.92. The number of benzene rings is 2. The highest BCUT2D eigenvalue weighted by Gasteiger charge is 2.30. The predicted molar refractivity (Wildman–Crippen MR) is 109 cm³/mol. The first-order valence-corrected chi connectivity index (χ1v) is 10.4. The molecule has 0 aliphatic rings. The molecule has 7 heteroatoms. The van der Waals surface area contributed by atoms with Gasteiger partial charge in [-0.25, -0.2) is 8.42 Å². The van der Waals surface area contributed by atoms with Crippen molar-refractivity contribution in [2.24, 2.45) is 0 Å². The molecule has 140 valence electrons. The average molecular weight is 423 g/mol. The van der Waals surface area contributed by atoms with Crippen molar-refractivity contribution in [1.29, 1.82) is 0 Å². The Kier molecular flexibility index (Phi) is 7.49. The van der Waals surface area contributed by atoms with Crippen LogP contribution < -0.4 is 0 Å². The number of carboxylic acid groups (broad SMARTS) is 1. The van der Waals surface area contributed by atoms with Crippen LogP contribution in [-0.2, 0) is 14.6 Å². The van der Waals surface area contributed by atoms with E-state index < -0.39 is 26.8 Å². The van der Waals surface area contributed by atoms with Gasteiger partial charge in [0.15, 0.2) is 15.1 Å². The third kappa shape index (κ3) is 6.76. The van der Waals surface area contributed by atoms with Gasteiger partial charge < -0.3 is 5.11 Å². The average Bonchev–Trinajstić information content (AvgIpc) is 2.61. The molecule has 0 bridgehead atoms. The normalized spacial score (nSPS) is 12.4. The zero-order valence-corrected chi connectivity index (χ0v) is 16.4. The van der Waals surface area contributed by atoms with Gasteiger partial charge in [0, 0.05) is 22.0 Å². The van der Waals surface area contributed by atoms with Crippen LogP contribution >= 0.6 is 23.2 Å².